The van der Waals surface area contributed by atoms with Crippen molar-refractivity contribution < 1.29 is 74.3 Å². The minimum absolute atomic E-state index is 0. The molecule has 0 bridgehead atoms. The molecule has 7 heteroatoms. The van der Waals surface area contributed by atoms with Crippen molar-refractivity contribution in [3.05, 3.63) is 0 Å². The van der Waals surface area contributed by atoms with Crippen LogP contribution in [0.5, 0.6) is 0 Å². The molecule has 0 radical (unpaired) electrons. The average molecular weight is 206 g/mol. The van der Waals surface area contributed by atoms with Gasteiger partial charge in [-0.25, -0.2) is 0 Å². The minimum atomic E-state index is -4.48. The van der Waals surface area contributed by atoms with Gasteiger partial charge in [-0.2, -0.15) is 8.42 Å². The van der Waals surface area contributed by atoms with E-state index in [1.807, 2.05) is 0 Å². The standard InChI is InChI=1S/C4H8O5S.K/c1-2-3(4(5)6)10(7,8)9;/h3H,2H2,1H3,(H,5,6)(H,7,8,9);/q;+1/p-1. The van der Waals surface area contributed by atoms with Gasteiger partial charge in [0.1, 0.15) is 5.25 Å². The number of carbonyl (C=O) groups is 1. The fraction of sp³-hybridized carbons (Fsp3) is 0.750. The van der Waals surface area contributed by atoms with E-state index in [4.69, 9.17) is 4.55 Å². The normalized spacial score (nSPS) is 13.3. The van der Waals surface area contributed by atoms with Crippen molar-refractivity contribution in [3.63, 3.8) is 0 Å². The molecule has 60 valence electrons. The molecule has 0 aliphatic rings. The van der Waals surface area contributed by atoms with Crippen LogP contribution in [0, 0.1) is 0 Å². The maximum atomic E-state index is 10.1. The van der Waals surface area contributed by atoms with E-state index in [0.717, 1.165) is 0 Å². The predicted octanol–water partition coefficient (Wildman–Crippen LogP) is -4.59. The van der Waals surface area contributed by atoms with E-state index in [1.54, 1.807) is 0 Å². The molecule has 0 rings (SSSR count). The van der Waals surface area contributed by atoms with Crippen LogP contribution >= 0.6 is 0 Å². The van der Waals surface area contributed by atoms with E-state index < -0.39 is 21.3 Å². The summed E-state index contributed by atoms with van der Waals surface area (Å²) in [5.41, 5.74) is 0. The van der Waals surface area contributed by atoms with Crippen LogP contribution in [0.4, 0.5) is 0 Å². The molecule has 11 heavy (non-hydrogen) atoms. The van der Waals surface area contributed by atoms with E-state index in [9.17, 15) is 18.3 Å². The van der Waals surface area contributed by atoms with Crippen molar-refractivity contribution in [1.29, 1.82) is 0 Å². The number of carbonyl (C=O) groups excluding carboxylic acids is 1. The molecule has 5 nitrogen and oxygen atoms in total. The molecule has 1 unspecified atom stereocenters. The van der Waals surface area contributed by atoms with Crippen molar-refractivity contribution in [1.82, 2.24) is 0 Å². The summed E-state index contributed by atoms with van der Waals surface area (Å²) < 4.78 is 28.5. The van der Waals surface area contributed by atoms with Crippen LogP contribution in [0.1, 0.15) is 13.3 Å². The Morgan fingerprint density at radius 3 is 2.00 bits per heavy atom. The van der Waals surface area contributed by atoms with Crippen molar-refractivity contribution in [3.8, 4) is 0 Å². The van der Waals surface area contributed by atoms with Crippen molar-refractivity contribution in [2.75, 3.05) is 0 Å². The summed E-state index contributed by atoms with van der Waals surface area (Å²) in [6.45, 7) is 1.33. The molecular formula is C4H7KO5S. The molecule has 0 spiro atoms. The molecule has 0 aromatic rings. The molecular weight excluding hydrogens is 199 g/mol. The average Bonchev–Trinajstić information content (AvgIpc) is 1.60. The smallest absolute Gasteiger partial charge is 0.549 e. The second-order valence-corrected chi connectivity index (χ2v) is 3.33. The largest absolute Gasteiger partial charge is 1.00 e. The Balaban J connectivity index is 0. The van der Waals surface area contributed by atoms with E-state index in [1.165, 1.54) is 6.92 Å². The third-order valence-electron chi connectivity index (χ3n) is 0.993. The third-order valence-corrected chi connectivity index (χ3v) is 2.24. The summed E-state index contributed by atoms with van der Waals surface area (Å²) in [7, 11) is -4.48. The number of carboxylic acids is 1. The Morgan fingerprint density at radius 2 is 2.00 bits per heavy atom. The van der Waals surface area contributed by atoms with Crippen molar-refractivity contribution in [2.24, 2.45) is 0 Å². The third kappa shape index (κ3) is 5.29. The van der Waals surface area contributed by atoms with Gasteiger partial charge in [-0.1, -0.05) is 6.92 Å². The zero-order valence-corrected chi connectivity index (χ0v) is 10.2. The van der Waals surface area contributed by atoms with Gasteiger partial charge >= 0.3 is 51.4 Å². The Morgan fingerprint density at radius 1 is 1.64 bits per heavy atom. The van der Waals surface area contributed by atoms with Gasteiger partial charge in [0.25, 0.3) is 10.1 Å². The van der Waals surface area contributed by atoms with Crippen LogP contribution in [0.3, 0.4) is 0 Å². The Labute approximate surface area is 107 Å². The molecule has 0 aliphatic heterocycles. The summed E-state index contributed by atoms with van der Waals surface area (Å²) in [6.07, 6.45) is -0.193. The van der Waals surface area contributed by atoms with Crippen LogP contribution in [0.15, 0.2) is 0 Å². The van der Waals surface area contributed by atoms with E-state index >= 15 is 0 Å². The van der Waals surface area contributed by atoms with Crippen molar-refractivity contribution >= 4 is 16.1 Å². The molecule has 0 saturated carbocycles. The zero-order valence-electron chi connectivity index (χ0n) is 6.27. The maximum absolute atomic E-state index is 10.1. The van der Waals surface area contributed by atoms with Gasteiger partial charge in [0.15, 0.2) is 0 Å². The Kier molecular flexibility index (Phi) is 7.43. The second kappa shape index (κ2) is 5.63. The van der Waals surface area contributed by atoms with Gasteiger partial charge < -0.3 is 9.90 Å². The van der Waals surface area contributed by atoms with Crippen LogP contribution < -0.4 is 56.5 Å². The second-order valence-electron chi connectivity index (χ2n) is 1.73. The fourth-order valence-corrected chi connectivity index (χ4v) is 1.16. The maximum Gasteiger partial charge on any atom is 1.00 e. The summed E-state index contributed by atoms with van der Waals surface area (Å²) in [5, 5.41) is 8.13. The molecule has 0 fully saturated rings. The van der Waals surface area contributed by atoms with Crippen LogP contribution in [0.25, 0.3) is 0 Å². The first-order chi connectivity index (χ1) is 4.39. The van der Waals surface area contributed by atoms with Crippen LogP contribution in [-0.2, 0) is 14.9 Å². The monoisotopic (exact) mass is 206 g/mol. The first-order valence-electron chi connectivity index (χ1n) is 2.56. The summed E-state index contributed by atoms with van der Waals surface area (Å²) in [6, 6.07) is 0. The Hall–Kier alpha value is 1.02. The fourth-order valence-electron chi connectivity index (χ4n) is 0.499. The van der Waals surface area contributed by atoms with Crippen LogP contribution in [-0.4, -0.2) is 24.2 Å². The SMILES string of the molecule is CCC(C(=O)[O-])S(=O)(=O)O.[K+]. The van der Waals surface area contributed by atoms with Gasteiger partial charge in [-0.15, -0.1) is 0 Å². The molecule has 1 N–H and O–H groups in total. The van der Waals surface area contributed by atoms with Crippen LogP contribution in [0.2, 0.25) is 0 Å². The first-order valence-corrected chi connectivity index (χ1v) is 4.07. The van der Waals surface area contributed by atoms with Gasteiger partial charge in [0.2, 0.25) is 0 Å². The number of rotatable bonds is 3. The first kappa shape index (κ1) is 14.5. The van der Waals surface area contributed by atoms with Gasteiger partial charge in [-0.05, 0) is 6.42 Å². The summed E-state index contributed by atoms with van der Waals surface area (Å²) >= 11 is 0. The molecule has 0 aliphatic carbocycles. The van der Waals surface area contributed by atoms with E-state index in [2.05, 4.69) is 0 Å². The molecule has 0 aromatic heterocycles. The topological polar surface area (TPSA) is 94.5 Å². The predicted molar refractivity (Wildman–Crippen MR) is 30.6 cm³/mol. The molecule has 0 saturated heterocycles. The number of hydrogen-bond acceptors (Lipinski definition) is 4. The number of hydrogen-bond donors (Lipinski definition) is 1. The van der Waals surface area contributed by atoms with E-state index in [0.29, 0.717) is 0 Å². The van der Waals surface area contributed by atoms with Gasteiger partial charge in [-0.3, -0.25) is 4.55 Å². The number of carboxylic acid groups (broad SMARTS) is 1. The van der Waals surface area contributed by atoms with E-state index in [-0.39, 0.29) is 57.8 Å². The minimum Gasteiger partial charge on any atom is -0.549 e. The summed E-state index contributed by atoms with van der Waals surface area (Å²) in [4.78, 5) is 9.93. The molecule has 0 aromatic carbocycles. The molecule has 0 heterocycles. The Bertz CT molecular complexity index is 221. The summed E-state index contributed by atoms with van der Waals surface area (Å²) in [5.74, 6) is -1.77. The van der Waals surface area contributed by atoms with Gasteiger partial charge in [0.05, 0.1) is 5.97 Å². The van der Waals surface area contributed by atoms with Crippen molar-refractivity contribution in [2.45, 2.75) is 18.6 Å². The van der Waals surface area contributed by atoms with Gasteiger partial charge in [0, 0.05) is 0 Å². The zero-order chi connectivity index (χ0) is 8.36. The molecule has 0 amide bonds. The number of aliphatic carboxylic acids is 1. The molecule has 1 atom stereocenters. The quantitative estimate of drug-likeness (QED) is 0.370.